The summed E-state index contributed by atoms with van der Waals surface area (Å²) in [5, 5.41) is 17.8. The Bertz CT molecular complexity index is 502. The highest BCUT2D eigenvalue weighted by Crippen LogP contribution is 2.17. The Kier molecular flexibility index (Phi) is 3.77. The molecule has 0 fully saturated rings. The molecule has 1 rings (SSSR count). The maximum absolute atomic E-state index is 11.6. The van der Waals surface area contributed by atoms with Gasteiger partial charge in [0.1, 0.15) is 0 Å². The summed E-state index contributed by atoms with van der Waals surface area (Å²) in [5.41, 5.74) is -0.989. The van der Waals surface area contributed by atoms with Gasteiger partial charge in [0.25, 0.3) is 0 Å². The summed E-state index contributed by atoms with van der Waals surface area (Å²) in [6.45, 7) is 3.37. The summed E-state index contributed by atoms with van der Waals surface area (Å²) < 4.78 is 0. The van der Waals surface area contributed by atoms with Gasteiger partial charge in [-0.25, -0.2) is 9.59 Å². The van der Waals surface area contributed by atoms with Crippen LogP contribution in [0.15, 0.2) is 30.9 Å². The first-order chi connectivity index (χ1) is 7.99. The van der Waals surface area contributed by atoms with E-state index in [1.807, 2.05) is 0 Å². The molecule has 1 aromatic carbocycles. The maximum Gasteiger partial charge on any atom is 0.337 e. The lowest BCUT2D eigenvalue weighted by molar-refractivity contribution is 0.0649. The monoisotopic (exact) mass is 234 g/mol. The largest absolute Gasteiger partial charge is 0.478 e. The van der Waals surface area contributed by atoms with E-state index in [2.05, 4.69) is 6.58 Å². The SMILES string of the molecule is C=CCC(=O)c1cccc(C(=O)O)c1C(=O)O. The number of ketones is 1. The van der Waals surface area contributed by atoms with Gasteiger partial charge < -0.3 is 10.2 Å². The van der Waals surface area contributed by atoms with Crippen molar-refractivity contribution < 1.29 is 24.6 Å². The Morgan fingerprint density at radius 2 is 1.71 bits per heavy atom. The smallest absolute Gasteiger partial charge is 0.337 e. The van der Waals surface area contributed by atoms with Crippen LogP contribution in [0.25, 0.3) is 0 Å². The van der Waals surface area contributed by atoms with Gasteiger partial charge in [-0.15, -0.1) is 6.58 Å². The van der Waals surface area contributed by atoms with Gasteiger partial charge in [0, 0.05) is 12.0 Å². The highest BCUT2D eigenvalue weighted by molar-refractivity contribution is 6.11. The van der Waals surface area contributed by atoms with Crippen molar-refractivity contribution >= 4 is 17.7 Å². The first-order valence-corrected chi connectivity index (χ1v) is 4.72. The Balaban J connectivity index is 3.45. The molecule has 0 heterocycles. The fraction of sp³-hybridized carbons (Fsp3) is 0.0833. The number of benzene rings is 1. The summed E-state index contributed by atoms with van der Waals surface area (Å²) in [6, 6.07) is 3.78. The Hall–Kier alpha value is -2.43. The number of carboxylic acids is 2. The molecule has 0 aromatic heterocycles. The fourth-order valence-electron chi connectivity index (χ4n) is 1.43. The number of hydrogen-bond donors (Lipinski definition) is 2. The summed E-state index contributed by atoms with van der Waals surface area (Å²) in [5.74, 6) is -3.29. The minimum absolute atomic E-state index is 0.0383. The van der Waals surface area contributed by atoms with Crippen LogP contribution < -0.4 is 0 Å². The van der Waals surface area contributed by atoms with E-state index in [4.69, 9.17) is 10.2 Å². The van der Waals surface area contributed by atoms with Crippen LogP contribution in [0.1, 0.15) is 37.5 Å². The zero-order valence-corrected chi connectivity index (χ0v) is 8.84. The van der Waals surface area contributed by atoms with Crippen molar-refractivity contribution in [3.63, 3.8) is 0 Å². The number of carbonyl (C=O) groups excluding carboxylic acids is 1. The molecular weight excluding hydrogens is 224 g/mol. The zero-order valence-electron chi connectivity index (χ0n) is 8.84. The second-order valence-corrected chi connectivity index (χ2v) is 3.25. The molecule has 2 N–H and O–H groups in total. The van der Waals surface area contributed by atoms with Crippen LogP contribution in [0, 0.1) is 0 Å². The van der Waals surface area contributed by atoms with E-state index in [0.29, 0.717) is 0 Å². The van der Waals surface area contributed by atoms with Crippen molar-refractivity contribution in [2.45, 2.75) is 6.42 Å². The van der Waals surface area contributed by atoms with Crippen LogP contribution in [-0.4, -0.2) is 27.9 Å². The lowest BCUT2D eigenvalue weighted by atomic mass is 9.97. The van der Waals surface area contributed by atoms with Gasteiger partial charge in [0.15, 0.2) is 5.78 Å². The molecule has 0 bridgehead atoms. The molecular formula is C12H10O5. The second kappa shape index (κ2) is 5.07. The normalized spacial score (nSPS) is 9.65. The van der Waals surface area contributed by atoms with Gasteiger partial charge in [0.2, 0.25) is 0 Å². The minimum Gasteiger partial charge on any atom is -0.478 e. The lowest BCUT2D eigenvalue weighted by Crippen LogP contribution is -2.14. The topological polar surface area (TPSA) is 91.7 Å². The van der Waals surface area contributed by atoms with Gasteiger partial charge in [-0.1, -0.05) is 18.2 Å². The number of aromatic carboxylic acids is 2. The third kappa shape index (κ3) is 2.57. The van der Waals surface area contributed by atoms with Gasteiger partial charge in [0.05, 0.1) is 11.1 Å². The summed E-state index contributed by atoms with van der Waals surface area (Å²) in [4.78, 5) is 33.5. The molecule has 5 nitrogen and oxygen atoms in total. The molecule has 0 radical (unpaired) electrons. The molecule has 0 aliphatic carbocycles. The third-order valence-electron chi connectivity index (χ3n) is 2.14. The maximum atomic E-state index is 11.6. The summed E-state index contributed by atoms with van der Waals surface area (Å²) in [7, 11) is 0. The van der Waals surface area contributed by atoms with Crippen molar-refractivity contribution in [2.75, 3.05) is 0 Å². The van der Waals surface area contributed by atoms with E-state index in [0.717, 1.165) is 6.07 Å². The molecule has 0 saturated carbocycles. The molecule has 0 aliphatic heterocycles. The second-order valence-electron chi connectivity index (χ2n) is 3.25. The number of allylic oxidation sites excluding steroid dienone is 1. The van der Waals surface area contributed by atoms with Crippen LogP contribution in [0.3, 0.4) is 0 Å². The van der Waals surface area contributed by atoms with E-state index in [1.54, 1.807) is 0 Å². The quantitative estimate of drug-likeness (QED) is 0.599. The molecule has 5 heteroatoms. The van der Waals surface area contributed by atoms with E-state index in [-0.39, 0.29) is 12.0 Å². The highest BCUT2D eigenvalue weighted by atomic mass is 16.4. The lowest BCUT2D eigenvalue weighted by Gasteiger charge is -2.06. The Morgan fingerprint density at radius 1 is 1.12 bits per heavy atom. The van der Waals surface area contributed by atoms with Crippen LogP contribution in [0.4, 0.5) is 0 Å². The van der Waals surface area contributed by atoms with Gasteiger partial charge >= 0.3 is 11.9 Å². The molecule has 1 aromatic rings. The van der Waals surface area contributed by atoms with Crippen molar-refractivity contribution in [3.8, 4) is 0 Å². The summed E-state index contributed by atoms with van der Waals surface area (Å²) >= 11 is 0. The molecule has 0 spiro atoms. The van der Waals surface area contributed by atoms with Gasteiger partial charge in [-0.05, 0) is 6.07 Å². The van der Waals surface area contributed by atoms with Crippen LogP contribution in [0.5, 0.6) is 0 Å². The highest BCUT2D eigenvalue weighted by Gasteiger charge is 2.22. The molecule has 0 amide bonds. The predicted octanol–water partition coefficient (Wildman–Crippen LogP) is 1.84. The molecule has 17 heavy (non-hydrogen) atoms. The zero-order chi connectivity index (χ0) is 13.0. The molecule has 0 aliphatic rings. The molecule has 0 saturated heterocycles. The Morgan fingerprint density at radius 3 is 2.18 bits per heavy atom. The summed E-state index contributed by atoms with van der Waals surface area (Å²) in [6.07, 6.45) is 1.30. The molecule has 88 valence electrons. The minimum atomic E-state index is -1.43. The molecule has 0 atom stereocenters. The third-order valence-corrected chi connectivity index (χ3v) is 2.14. The van der Waals surface area contributed by atoms with Crippen molar-refractivity contribution in [3.05, 3.63) is 47.5 Å². The molecule has 0 unspecified atom stereocenters. The number of Topliss-reactive ketones (excluding diaryl/α,β-unsaturated/α-hetero) is 1. The van der Waals surface area contributed by atoms with Gasteiger partial charge in [-0.2, -0.15) is 0 Å². The average molecular weight is 234 g/mol. The number of carboxylic acid groups (broad SMARTS) is 2. The van der Waals surface area contributed by atoms with Crippen molar-refractivity contribution in [1.29, 1.82) is 0 Å². The van der Waals surface area contributed by atoms with E-state index in [1.165, 1.54) is 18.2 Å². The number of rotatable bonds is 5. The fourth-order valence-corrected chi connectivity index (χ4v) is 1.43. The van der Waals surface area contributed by atoms with Crippen LogP contribution in [0.2, 0.25) is 0 Å². The van der Waals surface area contributed by atoms with Crippen molar-refractivity contribution in [2.24, 2.45) is 0 Å². The first-order valence-electron chi connectivity index (χ1n) is 4.72. The predicted molar refractivity (Wildman–Crippen MR) is 59.5 cm³/mol. The standard InChI is InChI=1S/C12H10O5/c1-2-4-9(13)7-5-3-6-8(11(14)15)10(7)12(16)17/h2-3,5-6H,1,4H2,(H,14,15)(H,16,17). The van der Waals surface area contributed by atoms with Crippen molar-refractivity contribution in [1.82, 2.24) is 0 Å². The number of carbonyl (C=O) groups is 3. The average Bonchev–Trinajstić information content (AvgIpc) is 2.28. The van der Waals surface area contributed by atoms with Crippen LogP contribution >= 0.6 is 0 Å². The van der Waals surface area contributed by atoms with E-state index < -0.39 is 28.8 Å². The van der Waals surface area contributed by atoms with E-state index in [9.17, 15) is 14.4 Å². The number of hydrogen-bond acceptors (Lipinski definition) is 3. The van der Waals surface area contributed by atoms with Crippen LogP contribution in [-0.2, 0) is 0 Å². The first kappa shape index (κ1) is 12.6. The van der Waals surface area contributed by atoms with Gasteiger partial charge in [-0.3, -0.25) is 4.79 Å². The Labute approximate surface area is 97.0 Å². The van der Waals surface area contributed by atoms with E-state index >= 15 is 0 Å².